The molecule has 0 bridgehead atoms. The number of halogens is 1. The first-order valence-electron chi connectivity index (χ1n) is 6.00. The molecule has 0 aromatic heterocycles. The van der Waals surface area contributed by atoms with Crippen molar-refractivity contribution in [1.29, 1.82) is 0 Å². The summed E-state index contributed by atoms with van der Waals surface area (Å²) >= 11 is 1.32. The number of amides is 2. The van der Waals surface area contributed by atoms with Crippen molar-refractivity contribution in [3.63, 3.8) is 0 Å². The SMILES string of the molecule is CC(=O)C1(I)C(=O)C(=O)N(c2cc(C)ccc2[N+](=O)[O-])C1=O. The van der Waals surface area contributed by atoms with Crippen LogP contribution in [-0.4, -0.2) is 31.7 Å². The van der Waals surface area contributed by atoms with E-state index in [1.165, 1.54) is 34.7 Å². The van der Waals surface area contributed by atoms with Crippen LogP contribution in [0.3, 0.4) is 0 Å². The van der Waals surface area contributed by atoms with E-state index in [9.17, 15) is 29.3 Å². The van der Waals surface area contributed by atoms with E-state index in [0.29, 0.717) is 10.5 Å². The Kier molecular flexibility index (Phi) is 3.85. The van der Waals surface area contributed by atoms with E-state index in [2.05, 4.69) is 0 Å². The Hall–Kier alpha value is -2.17. The third-order valence-electron chi connectivity index (χ3n) is 3.26. The second-order valence-corrected chi connectivity index (χ2v) is 6.36. The molecular formula is C13H9IN2O6. The third-order valence-corrected chi connectivity index (χ3v) is 4.97. The number of aryl methyl sites for hydroxylation is 1. The zero-order valence-corrected chi connectivity index (χ0v) is 13.6. The smallest absolute Gasteiger partial charge is 0.297 e. The van der Waals surface area contributed by atoms with Crippen LogP contribution in [0.5, 0.6) is 0 Å². The maximum absolute atomic E-state index is 12.4. The topological polar surface area (TPSA) is 115 Å². The number of nitrogens with zero attached hydrogens (tertiary/aromatic N) is 2. The van der Waals surface area contributed by atoms with Gasteiger partial charge in [0, 0.05) is 6.07 Å². The molecule has 1 aliphatic rings. The van der Waals surface area contributed by atoms with Crippen molar-refractivity contribution in [2.24, 2.45) is 0 Å². The highest BCUT2D eigenvalue weighted by molar-refractivity contribution is 14.1. The van der Waals surface area contributed by atoms with Crippen molar-refractivity contribution in [2.45, 2.75) is 17.3 Å². The molecule has 0 spiro atoms. The lowest BCUT2D eigenvalue weighted by Crippen LogP contribution is -2.44. The highest BCUT2D eigenvalue weighted by Crippen LogP contribution is 2.38. The fourth-order valence-electron chi connectivity index (χ4n) is 2.09. The molecule has 22 heavy (non-hydrogen) atoms. The first-order valence-corrected chi connectivity index (χ1v) is 7.08. The minimum atomic E-state index is -2.16. The van der Waals surface area contributed by atoms with Crippen LogP contribution in [-0.2, 0) is 19.2 Å². The normalized spacial score (nSPS) is 21.4. The number of carbonyl (C=O) groups excluding carboxylic acids is 4. The Morgan fingerprint density at radius 2 is 1.91 bits per heavy atom. The molecule has 2 amide bonds. The summed E-state index contributed by atoms with van der Waals surface area (Å²) in [6, 6.07) is 3.83. The third kappa shape index (κ3) is 2.12. The van der Waals surface area contributed by atoms with Gasteiger partial charge in [-0.05, 0) is 25.5 Å². The Bertz CT molecular complexity index is 759. The van der Waals surface area contributed by atoms with Crippen molar-refractivity contribution in [3.8, 4) is 0 Å². The van der Waals surface area contributed by atoms with E-state index >= 15 is 0 Å². The van der Waals surface area contributed by atoms with Crippen molar-refractivity contribution in [3.05, 3.63) is 33.9 Å². The fraction of sp³-hybridized carbons (Fsp3) is 0.231. The molecule has 1 aromatic carbocycles. The van der Waals surface area contributed by atoms with Gasteiger partial charge < -0.3 is 0 Å². The Balaban J connectivity index is 2.69. The second kappa shape index (κ2) is 5.23. The van der Waals surface area contributed by atoms with Crippen LogP contribution < -0.4 is 4.90 Å². The molecule has 1 unspecified atom stereocenters. The number of alkyl halides is 1. The van der Waals surface area contributed by atoms with Crippen molar-refractivity contribution < 1.29 is 24.1 Å². The molecule has 0 radical (unpaired) electrons. The standard InChI is InChI=1S/C13H9IN2O6/c1-6-3-4-8(16(21)22)9(5-6)15-11(19)10(18)13(14,7(2)17)12(15)20/h3-5H,1-2H3. The molecule has 1 heterocycles. The van der Waals surface area contributed by atoms with Crippen LogP contribution in [0.1, 0.15) is 12.5 Å². The number of nitro benzene ring substituents is 1. The number of benzene rings is 1. The van der Waals surface area contributed by atoms with Gasteiger partial charge in [0.25, 0.3) is 17.4 Å². The largest absolute Gasteiger partial charge is 0.303 e. The maximum atomic E-state index is 12.4. The predicted molar refractivity (Wildman–Crippen MR) is 82.8 cm³/mol. The average Bonchev–Trinajstić information content (AvgIpc) is 2.60. The minimum Gasteiger partial charge on any atom is -0.297 e. The van der Waals surface area contributed by atoms with Gasteiger partial charge in [0.2, 0.25) is 3.42 Å². The molecule has 1 aromatic rings. The van der Waals surface area contributed by atoms with Gasteiger partial charge >= 0.3 is 5.91 Å². The minimum absolute atomic E-state index is 0.312. The highest BCUT2D eigenvalue weighted by atomic mass is 127. The molecule has 0 aliphatic carbocycles. The number of imide groups is 1. The van der Waals surface area contributed by atoms with Crippen molar-refractivity contribution in [2.75, 3.05) is 4.90 Å². The lowest BCUT2D eigenvalue weighted by molar-refractivity contribution is -0.384. The second-order valence-electron chi connectivity index (χ2n) is 4.74. The molecule has 0 saturated carbocycles. The zero-order chi connectivity index (χ0) is 16.8. The molecular weight excluding hydrogens is 407 g/mol. The summed E-state index contributed by atoms with van der Waals surface area (Å²) in [5.41, 5.74) is -0.250. The maximum Gasteiger partial charge on any atom is 0.303 e. The number of hydrogen-bond donors (Lipinski definition) is 0. The fourth-order valence-corrected chi connectivity index (χ4v) is 2.56. The highest BCUT2D eigenvalue weighted by Gasteiger charge is 2.62. The molecule has 0 N–H and O–H groups in total. The van der Waals surface area contributed by atoms with Crippen LogP contribution in [0.4, 0.5) is 11.4 Å². The van der Waals surface area contributed by atoms with Crippen LogP contribution in [0, 0.1) is 17.0 Å². The summed E-state index contributed by atoms with van der Waals surface area (Å²) < 4.78 is -2.16. The first kappa shape index (κ1) is 16.2. The molecule has 1 saturated heterocycles. The van der Waals surface area contributed by atoms with E-state index in [1.807, 2.05) is 0 Å². The number of ketones is 2. The van der Waals surface area contributed by atoms with Crippen LogP contribution >= 0.6 is 22.6 Å². The summed E-state index contributed by atoms with van der Waals surface area (Å²) in [5, 5.41) is 11.1. The lowest BCUT2D eigenvalue weighted by Gasteiger charge is -2.16. The van der Waals surface area contributed by atoms with Gasteiger partial charge in [0.05, 0.1) is 4.92 Å². The number of rotatable bonds is 3. The summed E-state index contributed by atoms with van der Waals surface area (Å²) in [7, 11) is 0. The summed E-state index contributed by atoms with van der Waals surface area (Å²) in [4.78, 5) is 58.9. The molecule has 9 heteroatoms. The van der Waals surface area contributed by atoms with Crippen LogP contribution in [0.2, 0.25) is 0 Å². The quantitative estimate of drug-likeness (QED) is 0.139. The van der Waals surface area contributed by atoms with Gasteiger partial charge in [0.1, 0.15) is 5.69 Å². The molecule has 2 rings (SSSR count). The van der Waals surface area contributed by atoms with Gasteiger partial charge in [-0.3, -0.25) is 29.3 Å². The Morgan fingerprint density at radius 3 is 2.36 bits per heavy atom. The zero-order valence-electron chi connectivity index (χ0n) is 11.5. The van der Waals surface area contributed by atoms with E-state index in [-0.39, 0.29) is 5.69 Å². The number of Topliss-reactive ketones (excluding diaryl/α,β-unsaturated/α-hetero) is 2. The first-order chi connectivity index (χ1) is 10.1. The Labute approximate surface area is 137 Å². The predicted octanol–water partition coefficient (Wildman–Crippen LogP) is 1.11. The van der Waals surface area contributed by atoms with Crippen LogP contribution in [0.15, 0.2) is 18.2 Å². The summed E-state index contributed by atoms with van der Waals surface area (Å²) in [6.07, 6.45) is 0. The average molecular weight is 416 g/mol. The van der Waals surface area contributed by atoms with Gasteiger partial charge in [-0.1, -0.05) is 28.7 Å². The van der Waals surface area contributed by atoms with Gasteiger partial charge in [0.15, 0.2) is 5.78 Å². The molecule has 1 fully saturated rings. The van der Waals surface area contributed by atoms with E-state index < -0.39 is 37.4 Å². The molecule has 114 valence electrons. The lowest BCUT2D eigenvalue weighted by atomic mass is 10.0. The number of hydrogen-bond acceptors (Lipinski definition) is 6. The number of anilines is 1. The number of carbonyl (C=O) groups is 4. The van der Waals surface area contributed by atoms with Crippen LogP contribution in [0.25, 0.3) is 0 Å². The van der Waals surface area contributed by atoms with Crippen molar-refractivity contribution >= 4 is 57.3 Å². The van der Waals surface area contributed by atoms with Gasteiger partial charge in [-0.15, -0.1) is 0 Å². The van der Waals surface area contributed by atoms with Gasteiger partial charge in [-0.2, -0.15) is 0 Å². The number of nitro groups is 1. The Morgan fingerprint density at radius 1 is 1.32 bits per heavy atom. The summed E-state index contributed by atoms with van der Waals surface area (Å²) in [5.74, 6) is -4.32. The van der Waals surface area contributed by atoms with Crippen molar-refractivity contribution in [1.82, 2.24) is 0 Å². The summed E-state index contributed by atoms with van der Waals surface area (Å²) in [6.45, 7) is 2.63. The van der Waals surface area contributed by atoms with E-state index in [1.54, 1.807) is 6.92 Å². The van der Waals surface area contributed by atoms with Gasteiger partial charge in [-0.25, -0.2) is 4.90 Å². The molecule has 1 aliphatic heterocycles. The molecule has 8 nitrogen and oxygen atoms in total. The van der Waals surface area contributed by atoms with E-state index in [4.69, 9.17) is 0 Å². The molecule has 1 atom stereocenters. The van der Waals surface area contributed by atoms with E-state index in [0.717, 1.165) is 13.0 Å². The monoisotopic (exact) mass is 416 g/mol.